The van der Waals surface area contributed by atoms with Crippen LogP contribution in [0, 0.1) is 29.6 Å². The summed E-state index contributed by atoms with van der Waals surface area (Å²) in [6, 6.07) is 20.8. The van der Waals surface area contributed by atoms with Crippen LogP contribution in [0.15, 0.2) is 96.3 Å². The number of carbonyl (C=O) groups is 5. The number of halogens is 1. The largest absolute Gasteiger partial charge is 0.508 e. The number of rotatable bonds is 9. The Kier molecular flexibility index (Phi) is 8.53. The number of ether oxygens (including phenoxy) is 1. The summed E-state index contributed by atoms with van der Waals surface area (Å²) in [5.74, 6) is -5.03. The minimum atomic E-state index is -1.42. The van der Waals surface area contributed by atoms with Crippen LogP contribution >= 0.6 is 11.6 Å². The lowest BCUT2D eigenvalue weighted by atomic mass is 9.48. The summed E-state index contributed by atoms with van der Waals surface area (Å²) in [5, 5.41) is 19.8. The van der Waals surface area contributed by atoms with E-state index < -0.39 is 52.8 Å². The number of unbranched alkanes of at least 4 members (excludes halogenated alkanes) is 2. The quantitative estimate of drug-likeness (QED) is 0.151. The first-order valence-electron chi connectivity index (χ1n) is 17.7. The molecular weight excluding hydrogens is 684 g/mol. The molecule has 3 heterocycles. The summed E-state index contributed by atoms with van der Waals surface area (Å²) >= 11 is 6.40. The van der Waals surface area contributed by atoms with E-state index in [1.807, 2.05) is 36.4 Å². The van der Waals surface area contributed by atoms with Crippen molar-refractivity contribution in [2.24, 2.45) is 29.6 Å². The summed E-state index contributed by atoms with van der Waals surface area (Å²) in [7, 11) is 0. The minimum Gasteiger partial charge on any atom is -0.508 e. The van der Waals surface area contributed by atoms with Gasteiger partial charge in [0.15, 0.2) is 0 Å². The Morgan fingerprint density at radius 1 is 0.904 bits per heavy atom. The van der Waals surface area contributed by atoms with Crippen LogP contribution in [0.3, 0.4) is 0 Å². The number of hydrogen-bond acceptors (Lipinski definition) is 7. The number of imide groups is 2. The van der Waals surface area contributed by atoms with Gasteiger partial charge < -0.3 is 14.9 Å². The van der Waals surface area contributed by atoms with E-state index >= 15 is 4.79 Å². The highest BCUT2D eigenvalue weighted by Crippen LogP contribution is 2.63. The van der Waals surface area contributed by atoms with Crippen LogP contribution < -0.4 is 9.64 Å². The molecule has 2 saturated heterocycles. The van der Waals surface area contributed by atoms with E-state index in [1.54, 1.807) is 48.7 Å². The summed E-state index contributed by atoms with van der Waals surface area (Å²) in [6.45, 7) is 0.201. The van der Waals surface area contributed by atoms with Crippen LogP contribution in [0.1, 0.15) is 49.7 Å². The van der Waals surface area contributed by atoms with Crippen molar-refractivity contribution in [1.29, 1.82) is 0 Å². The van der Waals surface area contributed by atoms with Crippen LogP contribution in [-0.4, -0.2) is 51.3 Å². The summed E-state index contributed by atoms with van der Waals surface area (Å²) in [5.41, 5.74) is 1.87. The summed E-state index contributed by atoms with van der Waals surface area (Å²) < 4.78 is 6.17. The van der Waals surface area contributed by atoms with Crippen LogP contribution in [0.5, 0.6) is 11.5 Å². The molecule has 10 nitrogen and oxygen atoms in total. The molecule has 0 radical (unpaired) electrons. The predicted molar refractivity (Wildman–Crippen MR) is 190 cm³/mol. The Morgan fingerprint density at radius 2 is 1.71 bits per heavy atom. The lowest BCUT2D eigenvalue weighted by molar-refractivity contribution is -0.141. The second-order valence-electron chi connectivity index (χ2n) is 14.4. The second kappa shape index (κ2) is 13.1. The standard InChI is InChI=1S/C41H37ClN2O8/c42-26-10-7-11-27(20-26)44-38(49)32-21-31-29(14-15-30-35(31)39(50)43(37(30)48)17-6-2-5-12-34(46)47)36(41(32,40(44)51)25-8-3-1-4-9-25)24-18-23-19-28(45)13-16-33(23)52-22-24/h1,3-4,7-11,13-14,16,19-20,22,30-32,35-36,45H,2,5-6,12,15,17-18,21H2,(H,46,47). The Labute approximate surface area is 305 Å². The number of aromatic hydroxyl groups is 1. The molecule has 11 heteroatoms. The number of carboxylic acids is 1. The third kappa shape index (κ3) is 5.26. The van der Waals surface area contributed by atoms with Crippen molar-refractivity contribution in [3.05, 3.63) is 112 Å². The fourth-order valence-electron chi connectivity index (χ4n) is 9.57. The van der Waals surface area contributed by atoms with Crippen molar-refractivity contribution >= 4 is 46.9 Å². The van der Waals surface area contributed by atoms with E-state index in [1.165, 1.54) is 9.80 Å². The number of nitrogens with zero attached hydrogens (tertiary/aromatic N) is 2. The molecule has 6 atom stereocenters. The van der Waals surface area contributed by atoms with E-state index in [-0.39, 0.29) is 37.0 Å². The van der Waals surface area contributed by atoms with Gasteiger partial charge in [0.05, 0.1) is 35.1 Å². The maximum absolute atomic E-state index is 15.4. The molecule has 0 bridgehead atoms. The van der Waals surface area contributed by atoms with Crippen molar-refractivity contribution in [3.63, 3.8) is 0 Å². The average molecular weight is 721 g/mol. The second-order valence-corrected chi connectivity index (χ2v) is 14.8. The van der Waals surface area contributed by atoms with E-state index in [0.29, 0.717) is 54.1 Å². The van der Waals surface area contributed by atoms with Gasteiger partial charge in [-0.2, -0.15) is 0 Å². The van der Waals surface area contributed by atoms with Crippen molar-refractivity contribution in [3.8, 4) is 11.5 Å². The van der Waals surface area contributed by atoms with Gasteiger partial charge in [0.2, 0.25) is 23.6 Å². The number of anilines is 1. The number of carboxylic acid groups (broad SMARTS) is 1. The summed E-state index contributed by atoms with van der Waals surface area (Å²) in [4.78, 5) is 72.0. The number of benzene rings is 3. The molecule has 3 aliphatic heterocycles. The Morgan fingerprint density at radius 3 is 2.48 bits per heavy atom. The highest BCUT2D eigenvalue weighted by Gasteiger charge is 2.70. The molecule has 2 aliphatic carbocycles. The van der Waals surface area contributed by atoms with Gasteiger partial charge in [-0.1, -0.05) is 66.1 Å². The van der Waals surface area contributed by atoms with E-state index in [9.17, 15) is 24.3 Å². The Balaban J connectivity index is 1.26. The van der Waals surface area contributed by atoms with Gasteiger partial charge in [0.1, 0.15) is 11.5 Å². The number of allylic oxidation sites excluding steroid dienone is 3. The molecule has 4 amide bonds. The molecular formula is C41H37ClN2O8. The first-order valence-corrected chi connectivity index (χ1v) is 18.1. The average Bonchev–Trinajstić information content (AvgIpc) is 3.51. The number of phenolic OH excluding ortho intramolecular Hbond substituents is 1. The molecule has 0 aromatic heterocycles. The van der Waals surface area contributed by atoms with Gasteiger partial charge in [-0.05, 0) is 79.1 Å². The highest BCUT2D eigenvalue weighted by atomic mass is 35.5. The predicted octanol–water partition coefficient (Wildman–Crippen LogP) is 6.20. The number of fused-ring (bicyclic) bond motifs is 5. The van der Waals surface area contributed by atoms with E-state index in [4.69, 9.17) is 21.4 Å². The number of phenols is 1. The first kappa shape index (κ1) is 33.9. The first-order chi connectivity index (χ1) is 25.1. The normalized spacial score (nSPS) is 27.7. The maximum Gasteiger partial charge on any atom is 0.303 e. The molecule has 266 valence electrons. The van der Waals surface area contributed by atoms with E-state index in [2.05, 4.69) is 0 Å². The van der Waals surface area contributed by atoms with Gasteiger partial charge in [-0.15, -0.1) is 0 Å². The van der Waals surface area contributed by atoms with Crippen LogP contribution in [0.25, 0.3) is 0 Å². The topological polar surface area (TPSA) is 142 Å². The third-order valence-electron chi connectivity index (χ3n) is 11.7. The Bertz CT molecular complexity index is 2080. The maximum atomic E-state index is 15.4. The van der Waals surface area contributed by atoms with Gasteiger partial charge in [0, 0.05) is 35.9 Å². The summed E-state index contributed by atoms with van der Waals surface area (Å²) in [6.07, 6.45) is 5.99. The molecule has 2 N–H and O–H groups in total. The number of aliphatic carboxylic acids is 1. The molecule has 3 aromatic rings. The Hall–Kier alpha value is -5.22. The minimum absolute atomic E-state index is 0.0248. The molecule has 3 aromatic carbocycles. The van der Waals surface area contributed by atoms with Crippen LogP contribution in [-0.2, 0) is 35.8 Å². The van der Waals surface area contributed by atoms with Crippen LogP contribution in [0.2, 0.25) is 5.02 Å². The SMILES string of the molecule is O=C(O)CCCCCN1C(=O)C2CC=C3C(CC4C(=O)N(c5cccc(Cl)c5)C(=O)C4(c4ccccc4)C3C3=COc4ccc(O)cc4C3)C2C1=O. The van der Waals surface area contributed by atoms with Crippen molar-refractivity contribution in [1.82, 2.24) is 4.90 Å². The number of amides is 4. The van der Waals surface area contributed by atoms with Crippen molar-refractivity contribution in [2.45, 2.75) is 50.4 Å². The molecule has 6 unspecified atom stereocenters. The number of hydrogen-bond donors (Lipinski definition) is 2. The zero-order valence-corrected chi connectivity index (χ0v) is 29.0. The molecule has 0 spiro atoms. The van der Waals surface area contributed by atoms with Gasteiger partial charge in [-0.3, -0.25) is 28.9 Å². The fraction of sp³-hybridized carbons (Fsp3) is 0.341. The van der Waals surface area contributed by atoms with Crippen molar-refractivity contribution < 1.29 is 38.9 Å². The number of likely N-dealkylation sites (tertiary alicyclic amines) is 1. The lowest BCUT2D eigenvalue weighted by Crippen LogP contribution is -2.55. The van der Waals surface area contributed by atoms with Gasteiger partial charge in [0.25, 0.3) is 0 Å². The highest BCUT2D eigenvalue weighted by molar-refractivity contribution is 6.32. The third-order valence-corrected chi connectivity index (χ3v) is 11.9. The monoisotopic (exact) mass is 720 g/mol. The molecule has 8 rings (SSSR count). The van der Waals surface area contributed by atoms with Gasteiger partial charge in [-0.25, -0.2) is 4.90 Å². The van der Waals surface area contributed by atoms with Gasteiger partial charge >= 0.3 is 5.97 Å². The fourth-order valence-corrected chi connectivity index (χ4v) is 9.75. The molecule has 52 heavy (non-hydrogen) atoms. The lowest BCUT2D eigenvalue weighted by Gasteiger charge is -2.51. The number of carbonyl (C=O) groups excluding carboxylic acids is 4. The molecule has 3 fully saturated rings. The van der Waals surface area contributed by atoms with Crippen LogP contribution in [0.4, 0.5) is 5.69 Å². The zero-order chi connectivity index (χ0) is 36.3. The molecule has 1 saturated carbocycles. The van der Waals surface area contributed by atoms with Crippen molar-refractivity contribution in [2.75, 3.05) is 11.4 Å². The smallest absolute Gasteiger partial charge is 0.303 e. The zero-order valence-electron chi connectivity index (χ0n) is 28.2. The van der Waals surface area contributed by atoms with E-state index in [0.717, 1.165) is 16.7 Å². The molecule has 5 aliphatic rings.